The molecule has 1 aliphatic heterocycles. The molecule has 1 aliphatic rings. The third-order valence-corrected chi connectivity index (χ3v) is 4.57. The van der Waals surface area contributed by atoms with Gasteiger partial charge in [-0.1, -0.05) is 19.4 Å². The number of rotatable bonds is 7. The fraction of sp³-hybridized carbons (Fsp3) is 0.450. The number of aromatic nitrogens is 2. The van der Waals surface area contributed by atoms with Gasteiger partial charge >= 0.3 is 0 Å². The van der Waals surface area contributed by atoms with Gasteiger partial charge in [-0.15, -0.1) is 0 Å². The number of allylic oxidation sites excluding steroid dienone is 3. The van der Waals surface area contributed by atoms with Crippen molar-refractivity contribution in [2.45, 2.75) is 39.7 Å². The summed E-state index contributed by atoms with van der Waals surface area (Å²) in [6, 6.07) is 0. The van der Waals surface area contributed by atoms with E-state index in [1.807, 2.05) is 36.1 Å². The van der Waals surface area contributed by atoms with Gasteiger partial charge in [0.2, 0.25) is 5.28 Å². The summed E-state index contributed by atoms with van der Waals surface area (Å²) in [4.78, 5) is 23.5. The summed E-state index contributed by atoms with van der Waals surface area (Å²) in [5.74, 6) is 1.39. The molecule has 1 N–H and O–H groups in total. The zero-order valence-corrected chi connectivity index (χ0v) is 17.1. The molecule has 0 bridgehead atoms. The second kappa shape index (κ2) is 10.1. The molecule has 2 rings (SSSR count). The molecule has 0 fully saturated rings. The molecular weight excluding hydrogens is 364 g/mol. The largest absolute Gasteiger partial charge is 0.497 e. The van der Waals surface area contributed by atoms with Gasteiger partial charge in [-0.25, -0.2) is 9.97 Å². The van der Waals surface area contributed by atoms with Crippen LogP contribution >= 0.6 is 11.6 Å². The van der Waals surface area contributed by atoms with Crippen molar-refractivity contribution >= 4 is 23.3 Å². The van der Waals surface area contributed by atoms with Gasteiger partial charge in [-0.3, -0.25) is 4.79 Å². The Bertz CT molecular complexity index is 754. The molecule has 1 aromatic heterocycles. The number of carbonyl (C=O) groups excluding carboxylic acids is 1. The van der Waals surface area contributed by atoms with Crippen LogP contribution in [0, 0.1) is 0 Å². The van der Waals surface area contributed by atoms with Gasteiger partial charge in [-0.05, 0) is 43.2 Å². The maximum absolute atomic E-state index is 13.1. The smallest absolute Gasteiger partial charge is 0.253 e. The van der Waals surface area contributed by atoms with Crippen molar-refractivity contribution < 1.29 is 9.53 Å². The Morgan fingerprint density at radius 2 is 2.15 bits per heavy atom. The SMILES string of the molecule is C\C=C(/C=C\C(=C\CCC)C(=O)N1CCc2nc(Cl)nc(NC)c2C1)OC. The lowest BCUT2D eigenvalue weighted by molar-refractivity contribution is -0.127. The van der Waals surface area contributed by atoms with Crippen molar-refractivity contribution in [1.29, 1.82) is 0 Å². The molecule has 0 aromatic carbocycles. The van der Waals surface area contributed by atoms with E-state index in [1.165, 1.54) is 0 Å². The second-order valence-corrected chi connectivity index (χ2v) is 6.51. The molecule has 0 spiro atoms. The summed E-state index contributed by atoms with van der Waals surface area (Å²) in [5, 5.41) is 3.27. The van der Waals surface area contributed by atoms with Crippen molar-refractivity contribution in [2.24, 2.45) is 0 Å². The van der Waals surface area contributed by atoms with E-state index in [-0.39, 0.29) is 11.2 Å². The van der Waals surface area contributed by atoms with E-state index in [0.29, 0.717) is 30.9 Å². The number of ether oxygens (including phenoxy) is 1. The number of hydrogen-bond donors (Lipinski definition) is 1. The van der Waals surface area contributed by atoms with Gasteiger partial charge in [0, 0.05) is 31.1 Å². The van der Waals surface area contributed by atoms with Crippen LogP contribution in [0.3, 0.4) is 0 Å². The van der Waals surface area contributed by atoms with E-state index in [0.717, 1.165) is 29.9 Å². The van der Waals surface area contributed by atoms with Gasteiger partial charge < -0.3 is 15.0 Å². The van der Waals surface area contributed by atoms with E-state index < -0.39 is 0 Å². The standard InChI is InChI=1S/C20H27ClN4O2/c1-5-7-8-14(9-10-15(6-2)27-4)19(26)25-12-11-17-16(13-25)18(22-3)24-20(21)23-17/h6,8-10H,5,7,11-13H2,1-4H3,(H,22,23,24)/b10-9-,14-8-,15-6+. The van der Waals surface area contributed by atoms with Crippen molar-refractivity contribution in [3.8, 4) is 0 Å². The molecule has 27 heavy (non-hydrogen) atoms. The van der Waals surface area contributed by atoms with Crippen LogP contribution in [0.2, 0.25) is 5.28 Å². The Hall–Kier alpha value is -2.34. The average Bonchev–Trinajstić information content (AvgIpc) is 2.69. The first-order valence-corrected chi connectivity index (χ1v) is 9.52. The van der Waals surface area contributed by atoms with Crippen molar-refractivity contribution in [1.82, 2.24) is 14.9 Å². The lowest BCUT2D eigenvalue weighted by Gasteiger charge is -2.29. The minimum Gasteiger partial charge on any atom is -0.497 e. The minimum atomic E-state index is -0.00564. The van der Waals surface area contributed by atoms with Gasteiger partial charge in [0.1, 0.15) is 11.6 Å². The maximum Gasteiger partial charge on any atom is 0.253 e. The van der Waals surface area contributed by atoms with Crippen molar-refractivity contribution in [2.75, 3.05) is 26.0 Å². The van der Waals surface area contributed by atoms with Crippen LogP contribution in [0.25, 0.3) is 0 Å². The Morgan fingerprint density at radius 1 is 1.37 bits per heavy atom. The highest BCUT2D eigenvalue weighted by atomic mass is 35.5. The monoisotopic (exact) mass is 390 g/mol. The van der Waals surface area contributed by atoms with Gasteiger partial charge in [0.05, 0.1) is 19.3 Å². The highest BCUT2D eigenvalue weighted by molar-refractivity contribution is 6.28. The fourth-order valence-electron chi connectivity index (χ4n) is 2.93. The number of nitrogens with zero attached hydrogens (tertiary/aromatic N) is 3. The highest BCUT2D eigenvalue weighted by Crippen LogP contribution is 2.26. The second-order valence-electron chi connectivity index (χ2n) is 6.17. The van der Waals surface area contributed by atoms with Crippen LogP contribution in [0.15, 0.2) is 35.6 Å². The molecule has 7 heteroatoms. The first kappa shape index (κ1) is 21.0. The molecule has 0 unspecified atom stereocenters. The number of amides is 1. The van der Waals surface area contributed by atoms with Crippen LogP contribution in [-0.4, -0.2) is 41.5 Å². The number of anilines is 1. The molecule has 0 radical (unpaired) electrons. The number of unbranched alkanes of at least 4 members (excludes halogenated alkanes) is 1. The Kier molecular flexibility index (Phi) is 7.85. The van der Waals surface area contributed by atoms with Crippen LogP contribution < -0.4 is 5.32 Å². The summed E-state index contributed by atoms with van der Waals surface area (Å²) in [7, 11) is 3.40. The minimum absolute atomic E-state index is 0.00564. The predicted octanol–water partition coefficient (Wildman–Crippen LogP) is 3.89. The summed E-state index contributed by atoms with van der Waals surface area (Å²) in [5.41, 5.74) is 2.48. The maximum atomic E-state index is 13.1. The molecule has 0 aliphatic carbocycles. The molecule has 0 saturated carbocycles. The summed E-state index contributed by atoms with van der Waals surface area (Å²) in [6.45, 7) is 5.04. The van der Waals surface area contributed by atoms with Crippen LogP contribution in [0.4, 0.5) is 5.82 Å². The predicted molar refractivity (Wildman–Crippen MR) is 109 cm³/mol. The summed E-state index contributed by atoms with van der Waals surface area (Å²) in [6.07, 6.45) is 9.95. The lowest BCUT2D eigenvalue weighted by atomic mass is 10.0. The van der Waals surface area contributed by atoms with E-state index in [4.69, 9.17) is 16.3 Å². The zero-order chi connectivity index (χ0) is 19.8. The van der Waals surface area contributed by atoms with Gasteiger partial charge in [0.25, 0.3) is 5.91 Å². The van der Waals surface area contributed by atoms with E-state index in [1.54, 1.807) is 14.2 Å². The normalized spacial score (nSPS) is 15.1. The number of methoxy groups -OCH3 is 1. The Morgan fingerprint density at radius 3 is 2.78 bits per heavy atom. The van der Waals surface area contributed by atoms with Crippen molar-refractivity contribution in [3.05, 3.63) is 52.2 Å². The molecule has 1 amide bonds. The van der Waals surface area contributed by atoms with Crippen molar-refractivity contribution in [3.63, 3.8) is 0 Å². The van der Waals surface area contributed by atoms with Crippen LogP contribution in [0.1, 0.15) is 37.9 Å². The summed E-state index contributed by atoms with van der Waals surface area (Å²) >= 11 is 5.99. The van der Waals surface area contributed by atoms with Crippen LogP contribution in [-0.2, 0) is 22.5 Å². The molecule has 2 heterocycles. The lowest BCUT2D eigenvalue weighted by Crippen LogP contribution is -2.37. The fourth-order valence-corrected chi connectivity index (χ4v) is 3.11. The Labute approximate surface area is 166 Å². The van der Waals surface area contributed by atoms with Gasteiger partial charge in [0.15, 0.2) is 0 Å². The molecule has 0 atom stereocenters. The topological polar surface area (TPSA) is 67.4 Å². The molecular formula is C20H27ClN4O2. The number of fused-ring (bicyclic) bond motifs is 1. The molecule has 1 aromatic rings. The number of hydrogen-bond acceptors (Lipinski definition) is 5. The zero-order valence-electron chi connectivity index (χ0n) is 16.4. The van der Waals surface area contributed by atoms with E-state index >= 15 is 0 Å². The highest BCUT2D eigenvalue weighted by Gasteiger charge is 2.26. The number of nitrogens with one attached hydrogen (secondary N) is 1. The average molecular weight is 391 g/mol. The third-order valence-electron chi connectivity index (χ3n) is 4.40. The molecule has 6 nitrogen and oxygen atoms in total. The quantitative estimate of drug-likeness (QED) is 0.331. The Balaban J connectivity index is 2.26. The van der Waals surface area contributed by atoms with E-state index in [2.05, 4.69) is 22.2 Å². The summed E-state index contributed by atoms with van der Waals surface area (Å²) < 4.78 is 5.25. The molecule has 146 valence electrons. The first-order valence-electron chi connectivity index (χ1n) is 9.14. The van der Waals surface area contributed by atoms with Crippen LogP contribution in [0.5, 0.6) is 0 Å². The van der Waals surface area contributed by atoms with Gasteiger partial charge in [-0.2, -0.15) is 0 Å². The van der Waals surface area contributed by atoms with E-state index in [9.17, 15) is 4.79 Å². The first-order chi connectivity index (χ1) is 13.0. The third kappa shape index (κ3) is 5.32. The number of carbonyl (C=O) groups is 1. The number of halogens is 1. The molecule has 0 saturated heterocycles.